The molecule has 3 heteroatoms. The first kappa shape index (κ1) is 7.66. The van der Waals surface area contributed by atoms with Gasteiger partial charge in [-0.1, -0.05) is 0 Å². The van der Waals surface area contributed by atoms with Crippen LogP contribution in [0.3, 0.4) is 0 Å². The molecule has 1 aromatic carbocycles. The Bertz CT molecular complexity index is 1250. The van der Waals surface area contributed by atoms with Crippen LogP contribution < -0.4 is 0 Å². The fraction of sp³-hybridized carbons (Fsp3) is 0.611. The van der Waals surface area contributed by atoms with E-state index in [1.54, 1.807) is 0 Å². The number of hydrogen-bond donors (Lipinski definition) is 0. The van der Waals surface area contributed by atoms with Gasteiger partial charge in [0.05, 0.1) is 0 Å². The van der Waals surface area contributed by atoms with E-state index in [1.165, 1.54) is 48.9 Å². The molecule has 5 unspecified atom stereocenters. The number of esters is 1. The summed E-state index contributed by atoms with van der Waals surface area (Å²) in [5, 5.41) is 0. The zero-order chi connectivity index (χ0) is 12.9. The van der Waals surface area contributed by atoms with Crippen molar-refractivity contribution in [3.05, 3.63) is 35.4 Å². The molecule has 0 N–H and O–H groups in total. The van der Waals surface area contributed by atoms with Gasteiger partial charge in [-0.25, -0.2) is 0 Å². The first-order chi connectivity index (χ1) is 10.0. The van der Waals surface area contributed by atoms with E-state index in [0.717, 1.165) is 5.56 Å². The number of carbonyl (C=O) groups is 1. The number of cyclic esters (lactones) is 1. The second kappa shape index (κ2) is 0.718. The molecule has 11 aliphatic heterocycles. The molecule has 2 nitrogen and oxygen atoms in total. The molecule has 0 bridgehead atoms. The predicted octanol–water partition coefficient (Wildman–Crippen LogP) is 4.66. The molecule has 0 aliphatic carbocycles. The summed E-state index contributed by atoms with van der Waals surface area (Å²) in [6.45, 7) is -3.16. The van der Waals surface area contributed by atoms with Crippen LogP contribution in [-0.4, -0.2) is 5.97 Å². The topological polar surface area (TPSA) is 26.3 Å². The zero-order valence-electron chi connectivity index (χ0n) is 11.3. The normalized spacial score (nSPS) is 104. The van der Waals surface area contributed by atoms with E-state index < -0.39 is 6.51 Å². The molecular weight excluding hydrogens is 304 g/mol. The van der Waals surface area contributed by atoms with E-state index in [0.29, 0.717) is 4.31 Å². The molecule has 0 radical (unpaired) electrons. The third-order valence-corrected chi connectivity index (χ3v) is 59.5. The molecule has 0 aromatic heterocycles. The van der Waals surface area contributed by atoms with E-state index in [4.69, 9.17) is 4.74 Å². The first-order valence-corrected chi connectivity index (χ1v) is 14.8. The molecule has 21 heavy (non-hydrogen) atoms. The van der Waals surface area contributed by atoms with Crippen LogP contribution in [0.4, 0.5) is 0 Å². The van der Waals surface area contributed by atoms with Gasteiger partial charge in [0.25, 0.3) is 0 Å². The van der Waals surface area contributed by atoms with E-state index in [1.807, 2.05) is 12.1 Å². The summed E-state index contributed by atoms with van der Waals surface area (Å²) < 4.78 is 6.81. The second-order valence-corrected chi connectivity index (χ2v) is 35.7. The Labute approximate surface area is 111 Å². The van der Waals surface area contributed by atoms with Gasteiger partial charge in [0, 0.05) is 0 Å². The summed E-state index contributed by atoms with van der Waals surface area (Å²) in [7, 11) is 0. The van der Waals surface area contributed by atoms with Crippen LogP contribution in [-0.2, 0) is 11.2 Å². The van der Waals surface area contributed by atoms with Crippen LogP contribution in [0.2, 0.25) is 47.7 Å². The summed E-state index contributed by atoms with van der Waals surface area (Å²) in [6.07, 6.45) is 0.232. The summed E-state index contributed by atoms with van der Waals surface area (Å²) in [5.41, 5.74) is 2.20. The Balaban J connectivity index is 1.37. The van der Waals surface area contributed by atoms with E-state index >= 15 is 0 Å². The van der Waals surface area contributed by atoms with Crippen molar-refractivity contribution >= 4 is 5.97 Å². The van der Waals surface area contributed by atoms with E-state index in [2.05, 4.69) is 12.1 Å². The van der Waals surface area contributed by atoms with Gasteiger partial charge < -0.3 is 0 Å². The number of fused-ring (bicyclic) bond motifs is 11. The zero-order valence-corrected chi connectivity index (χ0v) is 12.4. The minimum atomic E-state index is -3.16. The van der Waals surface area contributed by atoms with E-state index in [9.17, 15) is 4.79 Å². The van der Waals surface area contributed by atoms with Crippen molar-refractivity contribution in [1.82, 2.24) is 0 Å². The van der Waals surface area contributed by atoms with Gasteiger partial charge >= 0.3 is 111 Å². The molecule has 11 heterocycles. The molecular formula is C18H14FeO2. The fourth-order valence-electron chi connectivity index (χ4n) is 18.6. The van der Waals surface area contributed by atoms with Crippen LogP contribution in [0.5, 0.6) is 0 Å². The fourth-order valence-corrected chi connectivity index (χ4v) is 93.2. The molecule has 1 aromatic rings. The van der Waals surface area contributed by atoms with Gasteiger partial charge in [-0.05, 0) is 0 Å². The monoisotopic (exact) mass is 318 g/mol. The van der Waals surface area contributed by atoms with Crippen LogP contribution in [0.1, 0.15) is 22.0 Å². The Hall–Kier alpha value is -0.791. The average molecular weight is 318 g/mol. The summed E-state index contributed by atoms with van der Waals surface area (Å²) >= 11 is 0. The van der Waals surface area contributed by atoms with Gasteiger partial charge in [0.15, 0.2) is 0 Å². The SMILES string of the molecule is O=C1OC([C]23[CH]4[CH]5[CH]6[CH]2[Fe]56432789[CH]3[CH]2[CH]7[CH]8[CH]39)c2ccccc21. The average Bonchev–Trinajstić information content (AvgIpc) is 3.42. The molecule has 11 aliphatic rings. The molecule has 1 spiro atoms. The standard InChI is InChI=1S/C13H9O2.C5H5.Fe/c14-13-11-8-4-3-7-10(11)12(15-13)9-5-1-2-6-9;1-2-4-5-3-1;/h1-8,12H;1-5H;. The molecule has 10 saturated heterocycles. The van der Waals surface area contributed by atoms with Crippen LogP contribution in [0.15, 0.2) is 24.3 Å². The molecule has 10 fully saturated rings. The van der Waals surface area contributed by atoms with Gasteiger partial charge in [0.2, 0.25) is 0 Å². The number of rotatable bonds is 1. The van der Waals surface area contributed by atoms with Crippen molar-refractivity contribution in [2.75, 3.05) is 0 Å². The van der Waals surface area contributed by atoms with Crippen molar-refractivity contribution < 1.29 is 16.0 Å². The minimum absolute atomic E-state index is 0.00781. The third kappa shape index (κ3) is 0.0978. The Kier molecular flexibility index (Phi) is 0.262. The summed E-state index contributed by atoms with van der Waals surface area (Å²) in [6, 6.07) is 8.35. The van der Waals surface area contributed by atoms with Crippen molar-refractivity contribution in [2.24, 2.45) is 0 Å². The van der Waals surface area contributed by atoms with Crippen molar-refractivity contribution in [3.63, 3.8) is 0 Å². The van der Waals surface area contributed by atoms with Crippen LogP contribution in [0, 0.1) is 0 Å². The second-order valence-electron chi connectivity index (χ2n) is 12.1. The number of hydrogen-bond acceptors (Lipinski definition) is 2. The van der Waals surface area contributed by atoms with Crippen LogP contribution in [0.25, 0.3) is 0 Å². The Morgan fingerprint density at radius 2 is 1.52 bits per heavy atom. The third-order valence-electron chi connectivity index (χ3n) is 16.9. The van der Waals surface area contributed by atoms with Crippen molar-refractivity contribution in [1.29, 1.82) is 0 Å². The summed E-state index contributed by atoms with van der Waals surface area (Å²) in [4.78, 5) is 24.0. The number of ether oxygens (including phenoxy) is 1. The van der Waals surface area contributed by atoms with Gasteiger partial charge in [-0.2, -0.15) is 0 Å². The van der Waals surface area contributed by atoms with Gasteiger partial charge in [0.1, 0.15) is 0 Å². The molecule has 5 atom stereocenters. The maximum atomic E-state index is 12.4. The van der Waals surface area contributed by atoms with Crippen LogP contribution >= 0.6 is 0 Å². The van der Waals surface area contributed by atoms with E-state index in [-0.39, 0.29) is 12.1 Å². The molecule has 12 rings (SSSR count). The Morgan fingerprint density at radius 3 is 2.05 bits per heavy atom. The van der Waals surface area contributed by atoms with Gasteiger partial charge in [-0.3, -0.25) is 0 Å². The molecule has 0 saturated carbocycles. The molecule has 106 valence electrons. The number of carbonyl (C=O) groups excluding carboxylic acids is 1. The van der Waals surface area contributed by atoms with Gasteiger partial charge in [-0.15, -0.1) is 0 Å². The van der Waals surface area contributed by atoms with Crippen molar-refractivity contribution in [3.8, 4) is 0 Å². The van der Waals surface area contributed by atoms with Crippen molar-refractivity contribution in [2.45, 2.75) is 53.8 Å². The predicted molar refractivity (Wildman–Crippen MR) is 71.0 cm³/mol. The first-order valence-electron chi connectivity index (χ1n) is 8.56. The summed E-state index contributed by atoms with van der Waals surface area (Å²) in [5.74, 6) is -0.00781. The molecule has 0 amide bonds. The number of benzene rings is 1. The Morgan fingerprint density at radius 1 is 0.905 bits per heavy atom. The quantitative estimate of drug-likeness (QED) is 0.556. The maximum absolute atomic E-state index is 12.4.